The molecular weight excluding hydrogens is 308 g/mol. The van der Waals surface area contributed by atoms with Crippen LogP contribution >= 0.6 is 11.6 Å². The van der Waals surface area contributed by atoms with Gasteiger partial charge in [0.15, 0.2) is 0 Å². The van der Waals surface area contributed by atoms with Crippen LogP contribution in [-0.2, 0) is 16.6 Å². The Hall–Kier alpha value is -1.56. The normalized spacial score (nSPS) is 11.6. The number of hydrogen-bond donors (Lipinski definition) is 2. The Bertz CT molecular complexity index is 756. The van der Waals surface area contributed by atoms with Gasteiger partial charge in [0.1, 0.15) is 0 Å². The molecule has 21 heavy (non-hydrogen) atoms. The molecule has 0 saturated carbocycles. The summed E-state index contributed by atoms with van der Waals surface area (Å²) in [6.45, 7) is 3.66. The summed E-state index contributed by atoms with van der Waals surface area (Å²) >= 11 is 5.80. The van der Waals surface area contributed by atoms with Gasteiger partial charge >= 0.3 is 0 Å². The molecule has 2 aromatic rings. The lowest BCUT2D eigenvalue weighted by atomic mass is 10.1. The van der Waals surface area contributed by atoms with E-state index in [2.05, 4.69) is 4.72 Å². The number of aryl methyl sites for hydroxylation is 1. The molecule has 0 bridgehead atoms. The second-order valence-electron chi connectivity index (χ2n) is 4.88. The van der Waals surface area contributed by atoms with E-state index in [4.69, 9.17) is 17.3 Å². The lowest BCUT2D eigenvalue weighted by Crippen LogP contribution is -2.25. The summed E-state index contributed by atoms with van der Waals surface area (Å²) in [7, 11) is -3.62. The van der Waals surface area contributed by atoms with Gasteiger partial charge in [0.2, 0.25) is 10.0 Å². The highest BCUT2D eigenvalue weighted by atomic mass is 35.5. The number of nitrogen functional groups attached to an aromatic ring is 1. The van der Waals surface area contributed by atoms with Crippen LogP contribution in [0.4, 0.5) is 5.69 Å². The van der Waals surface area contributed by atoms with Crippen LogP contribution in [0.15, 0.2) is 41.3 Å². The number of hydrogen-bond acceptors (Lipinski definition) is 3. The zero-order chi connectivity index (χ0) is 15.6. The first kappa shape index (κ1) is 15.8. The highest BCUT2D eigenvalue weighted by molar-refractivity contribution is 7.89. The number of benzene rings is 2. The van der Waals surface area contributed by atoms with E-state index in [9.17, 15) is 8.42 Å². The molecule has 0 radical (unpaired) electrons. The van der Waals surface area contributed by atoms with E-state index in [0.29, 0.717) is 21.8 Å². The van der Waals surface area contributed by atoms with Crippen LogP contribution in [0, 0.1) is 13.8 Å². The van der Waals surface area contributed by atoms with Crippen molar-refractivity contribution >= 4 is 27.3 Å². The molecule has 0 spiro atoms. The monoisotopic (exact) mass is 324 g/mol. The smallest absolute Gasteiger partial charge is 0.241 e. The van der Waals surface area contributed by atoms with E-state index in [1.807, 2.05) is 0 Å². The van der Waals surface area contributed by atoms with Gasteiger partial charge < -0.3 is 5.73 Å². The van der Waals surface area contributed by atoms with Gasteiger partial charge in [0.25, 0.3) is 0 Å². The van der Waals surface area contributed by atoms with Crippen molar-refractivity contribution in [2.75, 3.05) is 5.73 Å². The van der Waals surface area contributed by atoms with E-state index >= 15 is 0 Å². The van der Waals surface area contributed by atoms with Crippen LogP contribution in [0.1, 0.15) is 16.7 Å². The number of rotatable bonds is 4. The minimum atomic E-state index is -3.62. The molecule has 6 heteroatoms. The summed E-state index contributed by atoms with van der Waals surface area (Å²) in [6, 6.07) is 10.4. The maximum atomic E-state index is 12.5. The Morgan fingerprint density at radius 3 is 2.33 bits per heavy atom. The third-order valence-corrected chi connectivity index (χ3v) is 5.23. The predicted molar refractivity (Wildman–Crippen MR) is 85.8 cm³/mol. The van der Waals surface area contributed by atoms with Gasteiger partial charge in [-0.15, -0.1) is 0 Å². The first-order chi connectivity index (χ1) is 9.81. The standard InChI is InChI=1S/C15H17ClN2O2S/c1-10-3-8-14(17)11(2)15(10)21(19,20)18-9-12-4-6-13(16)7-5-12/h3-8,18H,9,17H2,1-2H3. The molecule has 0 aliphatic heterocycles. The fraction of sp³-hybridized carbons (Fsp3) is 0.200. The van der Waals surface area contributed by atoms with E-state index in [1.165, 1.54) is 0 Å². The van der Waals surface area contributed by atoms with Crippen LogP contribution in [0.2, 0.25) is 5.02 Å². The quantitative estimate of drug-likeness (QED) is 0.849. The lowest BCUT2D eigenvalue weighted by molar-refractivity contribution is 0.580. The Kier molecular flexibility index (Phi) is 4.56. The second-order valence-corrected chi connectivity index (χ2v) is 7.02. The van der Waals surface area contributed by atoms with Crippen molar-refractivity contribution in [1.29, 1.82) is 0 Å². The van der Waals surface area contributed by atoms with E-state index in [1.54, 1.807) is 50.2 Å². The SMILES string of the molecule is Cc1ccc(N)c(C)c1S(=O)(=O)NCc1ccc(Cl)cc1. The summed E-state index contributed by atoms with van der Waals surface area (Å²) in [6.07, 6.45) is 0. The minimum absolute atomic E-state index is 0.202. The number of halogens is 1. The second kappa shape index (κ2) is 6.05. The van der Waals surface area contributed by atoms with Gasteiger partial charge in [-0.3, -0.25) is 0 Å². The molecule has 2 aromatic carbocycles. The third-order valence-electron chi connectivity index (χ3n) is 3.29. The fourth-order valence-electron chi connectivity index (χ4n) is 2.11. The van der Waals surface area contributed by atoms with Crippen molar-refractivity contribution in [3.05, 3.63) is 58.1 Å². The number of sulfonamides is 1. The average molecular weight is 325 g/mol. The Morgan fingerprint density at radius 1 is 1.10 bits per heavy atom. The lowest BCUT2D eigenvalue weighted by Gasteiger charge is -2.13. The van der Waals surface area contributed by atoms with Crippen molar-refractivity contribution < 1.29 is 8.42 Å². The molecule has 0 aliphatic rings. The molecule has 0 atom stereocenters. The van der Waals surface area contributed by atoms with Gasteiger partial charge in [0.05, 0.1) is 4.90 Å². The fourth-order valence-corrected chi connectivity index (χ4v) is 3.75. The molecule has 0 aromatic heterocycles. The summed E-state index contributed by atoms with van der Waals surface area (Å²) in [4.78, 5) is 0.247. The molecule has 0 aliphatic carbocycles. The molecule has 2 rings (SSSR count). The summed E-state index contributed by atoms with van der Waals surface area (Å²) < 4.78 is 27.5. The third kappa shape index (κ3) is 3.56. The average Bonchev–Trinajstić information content (AvgIpc) is 2.43. The van der Waals surface area contributed by atoms with Gasteiger partial charge in [-0.05, 0) is 48.7 Å². The first-order valence-corrected chi connectivity index (χ1v) is 8.27. The Morgan fingerprint density at radius 2 is 1.71 bits per heavy atom. The molecule has 112 valence electrons. The van der Waals surface area contributed by atoms with Crippen LogP contribution in [-0.4, -0.2) is 8.42 Å². The first-order valence-electron chi connectivity index (χ1n) is 6.41. The Labute approximate surface area is 130 Å². The molecule has 0 amide bonds. The van der Waals surface area contributed by atoms with Crippen LogP contribution < -0.4 is 10.5 Å². The Balaban J connectivity index is 2.27. The topological polar surface area (TPSA) is 72.2 Å². The summed E-state index contributed by atoms with van der Waals surface area (Å²) in [5.41, 5.74) is 8.34. The van der Waals surface area contributed by atoms with Crippen molar-refractivity contribution in [2.45, 2.75) is 25.3 Å². The number of nitrogens with one attached hydrogen (secondary N) is 1. The number of nitrogens with two attached hydrogens (primary N) is 1. The summed E-state index contributed by atoms with van der Waals surface area (Å²) in [5, 5.41) is 0.615. The van der Waals surface area contributed by atoms with Crippen molar-refractivity contribution in [1.82, 2.24) is 4.72 Å². The van der Waals surface area contributed by atoms with Crippen LogP contribution in [0.3, 0.4) is 0 Å². The van der Waals surface area contributed by atoms with Crippen LogP contribution in [0.25, 0.3) is 0 Å². The highest BCUT2D eigenvalue weighted by Gasteiger charge is 2.20. The molecule has 4 nitrogen and oxygen atoms in total. The summed E-state index contributed by atoms with van der Waals surface area (Å²) in [5.74, 6) is 0. The zero-order valence-electron chi connectivity index (χ0n) is 11.9. The largest absolute Gasteiger partial charge is 0.398 e. The maximum absolute atomic E-state index is 12.5. The van der Waals surface area contributed by atoms with Crippen molar-refractivity contribution in [3.8, 4) is 0 Å². The molecule has 0 fully saturated rings. The van der Waals surface area contributed by atoms with Crippen LogP contribution in [0.5, 0.6) is 0 Å². The van der Waals surface area contributed by atoms with Gasteiger partial charge in [-0.25, -0.2) is 13.1 Å². The molecule has 0 saturated heterocycles. The van der Waals surface area contributed by atoms with E-state index in [0.717, 1.165) is 5.56 Å². The van der Waals surface area contributed by atoms with Crippen molar-refractivity contribution in [2.24, 2.45) is 0 Å². The van der Waals surface area contributed by atoms with E-state index in [-0.39, 0.29) is 11.4 Å². The van der Waals surface area contributed by atoms with Crippen molar-refractivity contribution in [3.63, 3.8) is 0 Å². The number of anilines is 1. The van der Waals surface area contributed by atoms with Gasteiger partial charge in [-0.2, -0.15) is 0 Å². The minimum Gasteiger partial charge on any atom is -0.398 e. The highest BCUT2D eigenvalue weighted by Crippen LogP contribution is 2.24. The molecular formula is C15H17ClN2O2S. The zero-order valence-corrected chi connectivity index (χ0v) is 13.4. The maximum Gasteiger partial charge on any atom is 0.241 e. The predicted octanol–water partition coefficient (Wildman–Crippen LogP) is 3.02. The molecule has 0 unspecified atom stereocenters. The molecule has 0 heterocycles. The van der Waals surface area contributed by atoms with Gasteiger partial charge in [-0.1, -0.05) is 29.8 Å². The molecule has 3 N–H and O–H groups in total. The van der Waals surface area contributed by atoms with E-state index < -0.39 is 10.0 Å². The van der Waals surface area contributed by atoms with Gasteiger partial charge in [0, 0.05) is 17.3 Å².